The number of amides is 1. The van der Waals surface area contributed by atoms with Gasteiger partial charge in [-0.3, -0.25) is 9.69 Å². The van der Waals surface area contributed by atoms with Gasteiger partial charge in [-0.05, 0) is 66.4 Å². The normalized spacial score (nSPS) is 16.7. The summed E-state index contributed by atoms with van der Waals surface area (Å²) in [5, 5.41) is 12.0. The van der Waals surface area contributed by atoms with Crippen LogP contribution in [0.15, 0.2) is 60.8 Å². The van der Waals surface area contributed by atoms with Gasteiger partial charge in [-0.2, -0.15) is 5.26 Å². The Labute approximate surface area is 175 Å². The molecule has 5 nitrogen and oxygen atoms in total. The van der Waals surface area contributed by atoms with Crippen LogP contribution in [0.2, 0.25) is 0 Å². The Morgan fingerprint density at radius 1 is 1.20 bits per heavy atom. The van der Waals surface area contributed by atoms with Gasteiger partial charge in [0.1, 0.15) is 17.6 Å². The number of hydrogen-bond donors (Lipinski definition) is 2. The number of aromatic nitrogens is 1. The van der Waals surface area contributed by atoms with Gasteiger partial charge in [-0.1, -0.05) is 24.3 Å². The topological polar surface area (TPSA) is 71.9 Å². The second kappa shape index (κ2) is 8.93. The maximum atomic E-state index is 13.2. The van der Waals surface area contributed by atoms with Crippen LogP contribution >= 0.6 is 0 Å². The molecule has 2 N–H and O–H groups in total. The van der Waals surface area contributed by atoms with Crippen molar-refractivity contribution in [2.45, 2.75) is 19.4 Å². The van der Waals surface area contributed by atoms with Gasteiger partial charge >= 0.3 is 0 Å². The molecule has 30 heavy (non-hydrogen) atoms. The van der Waals surface area contributed by atoms with Gasteiger partial charge in [0, 0.05) is 25.0 Å². The Morgan fingerprint density at radius 2 is 2.03 bits per heavy atom. The molecule has 0 bridgehead atoms. The van der Waals surface area contributed by atoms with Crippen LogP contribution < -0.4 is 5.32 Å². The van der Waals surface area contributed by atoms with Crippen molar-refractivity contribution in [2.24, 2.45) is 5.92 Å². The maximum absolute atomic E-state index is 13.2. The lowest BCUT2D eigenvalue weighted by Gasteiger charge is -2.31. The van der Waals surface area contributed by atoms with E-state index >= 15 is 0 Å². The molecule has 152 valence electrons. The Bertz CT molecular complexity index is 1070. The van der Waals surface area contributed by atoms with Gasteiger partial charge in [0.25, 0.3) is 0 Å². The van der Waals surface area contributed by atoms with E-state index in [1.165, 1.54) is 12.1 Å². The van der Waals surface area contributed by atoms with E-state index in [4.69, 9.17) is 5.26 Å². The van der Waals surface area contributed by atoms with Crippen LogP contribution in [-0.4, -0.2) is 28.9 Å². The van der Waals surface area contributed by atoms with E-state index in [9.17, 15) is 9.18 Å². The predicted octanol–water partition coefficient (Wildman–Crippen LogP) is 4.54. The largest absolute Gasteiger partial charge is 0.353 e. The first-order chi connectivity index (χ1) is 14.6. The predicted molar refractivity (Wildman–Crippen MR) is 114 cm³/mol. The van der Waals surface area contributed by atoms with Crippen LogP contribution in [0.1, 0.15) is 24.1 Å². The highest BCUT2D eigenvalue weighted by atomic mass is 19.1. The second-order valence-corrected chi connectivity index (χ2v) is 7.68. The summed E-state index contributed by atoms with van der Waals surface area (Å²) in [7, 11) is 0. The van der Waals surface area contributed by atoms with Gasteiger partial charge in [-0.15, -0.1) is 0 Å². The number of rotatable bonds is 5. The molecular formula is C24H23FN4O. The lowest BCUT2D eigenvalue weighted by Crippen LogP contribution is -2.40. The lowest BCUT2D eigenvalue weighted by molar-refractivity contribution is -0.121. The van der Waals surface area contributed by atoms with Gasteiger partial charge in [0.2, 0.25) is 5.91 Å². The molecule has 0 aliphatic carbocycles. The average Bonchev–Trinajstić information content (AvgIpc) is 3.22. The van der Waals surface area contributed by atoms with E-state index in [1.54, 1.807) is 12.1 Å². The number of carbonyl (C=O) groups is 1. The number of nitrogens with one attached hydrogen (secondary N) is 2. The van der Waals surface area contributed by atoms with Crippen LogP contribution in [0.4, 0.5) is 10.1 Å². The van der Waals surface area contributed by atoms with Crippen molar-refractivity contribution < 1.29 is 9.18 Å². The number of piperidine rings is 1. The smallest absolute Gasteiger partial charge is 0.228 e. The average molecular weight is 402 g/mol. The number of H-pyrrole nitrogens is 1. The fraction of sp³-hybridized carbons (Fsp3) is 0.250. The molecule has 1 atom stereocenters. The molecule has 0 saturated carbocycles. The number of likely N-dealkylation sites (tertiary alicyclic amines) is 1. The van der Waals surface area contributed by atoms with Gasteiger partial charge in [-0.25, -0.2) is 4.39 Å². The molecule has 2 aromatic carbocycles. The summed E-state index contributed by atoms with van der Waals surface area (Å²) in [6.07, 6.45) is 3.67. The van der Waals surface area contributed by atoms with Crippen LogP contribution in [-0.2, 0) is 11.3 Å². The fourth-order valence-corrected chi connectivity index (χ4v) is 3.93. The quantitative estimate of drug-likeness (QED) is 0.658. The standard InChI is InChI=1S/C24H23FN4O/c25-21-8-6-18(7-9-21)19-3-1-5-22(12-19)28-24(30)20-4-2-10-29(16-20)15-17-11-23(13-26)27-14-17/h1,3,5-9,11-12,14,20,27H,2,4,10,15-16H2,(H,28,30)/t20-/m0/s1. The number of anilines is 1. The monoisotopic (exact) mass is 402 g/mol. The number of nitriles is 1. The summed E-state index contributed by atoms with van der Waals surface area (Å²) < 4.78 is 13.2. The number of nitrogens with zero attached hydrogens (tertiary/aromatic N) is 2. The molecule has 3 aromatic rings. The van der Waals surface area contributed by atoms with Gasteiger partial charge in [0.15, 0.2) is 0 Å². The summed E-state index contributed by atoms with van der Waals surface area (Å²) in [5.41, 5.74) is 4.18. The molecular weight excluding hydrogens is 379 g/mol. The van der Waals surface area contributed by atoms with E-state index in [2.05, 4.69) is 21.3 Å². The number of carbonyl (C=O) groups excluding carboxylic acids is 1. The molecule has 1 amide bonds. The zero-order valence-electron chi connectivity index (χ0n) is 16.6. The third kappa shape index (κ3) is 4.76. The molecule has 1 saturated heterocycles. The summed E-state index contributed by atoms with van der Waals surface area (Å²) in [6, 6.07) is 17.9. The third-order valence-corrected chi connectivity index (χ3v) is 5.45. The van der Waals surface area contributed by atoms with E-state index in [-0.39, 0.29) is 17.6 Å². The molecule has 6 heteroatoms. The first-order valence-corrected chi connectivity index (χ1v) is 10.1. The summed E-state index contributed by atoms with van der Waals surface area (Å²) >= 11 is 0. The minimum absolute atomic E-state index is 0.0164. The fourth-order valence-electron chi connectivity index (χ4n) is 3.93. The zero-order valence-corrected chi connectivity index (χ0v) is 16.6. The highest BCUT2D eigenvalue weighted by Gasteiger charge is 2.26. The van der Waals surface area contributed by atoms with Crippen molar-refractivity contribution in [2.75, 3.05) is 18.4 Å². The van der Waals surface area contributed by atoms with E-state index in [1.807, 2.05) is 36.5 Å². The number of aromatic amines is 1. The Balaban J connectivity index is 1.39. The van der Waals surface area contributed by atoms with Crippen LogP contribution in [0.5, 0.6) is 0 Å². The van der Waals surface area contributed by atoms with E-state index in [0.29, 0.717) is 12.2 Å². The van der Waals surface area contributed by atoms with Crippen molar-refractivity contribution in [3.05, 3.63) is 77.9 Å². The molecule has 0 radical (unpaired) electrons. The molecule has 1 aliphatic heterocycles. The van der Waals surface area contributed by atoms with Crippen molar-refractivity contribution in [3.63, 3.8) is 0 Å². The SMILES string of the molecule is N#Cc1cc(CN2CCC[C@H](C(=O)Nc3cccc(-c4ccc(F)cc4)c3)C2)c[nH]1. The first-order valence-electron chi connectivity index (χ1n) is 10.1. The minimum Gasteiger partial charge on any atom is -0.353 e. The van der Waals surface area contributed by atoms with Crippen molar-refractivity contribution >= 4 is 11.6 Å². The lowest BCUT2D eigenvalue weighted by atomic mass is 9.96. The Hall–Kier alpha value is -3.43. The zero-order chi connectivity index (χ0) is 20.9. The van der Waals surface area contributed by atoms with E-state index < -0.39 is 0 Å². The second-order valence-electron chi connectivity index (χ2n) is 7.68. The molecule has 1 aromatic heterocycles. The number of hydrogen-bond acceptors (Lipinski definition) is 3. The Morgan fingerprint density at radius 3 is 2.80 bits per heavy atom. The van der Waals surface area contributed by atoms with Crippen molar-refractivity contribution in [1.29, 1.82) is 5.26 Å². The highest BCUT2D eigenvalue weighted by molar-refractivity contribution is 5.93. The van der Waals surface area contributed by atoms with Crippen LogP contribution in [0.3, 0.4) is 0 Å². The molecule has 1 fully saturated rings. The summed E-state index contributed by atoms with van der Waals surface area (Å²) in [4.78, 5) is 18.1. The van der Waals surface area contributed by atoms with Crippen molar-refractivity contribution in [3.8, 4) is 17.2 Å². The third-order valence-electron chi connectivity index (χ3n) is 5.45. The molecule has 0 unspecified atom stereocenters. The number of halogens is 1. The number of benzene rings is 2. The molecule has 2 heterocycles. The van der Waals surface area contributed by atoms with Crippen LogP contribution in [0.25, 0.3) is 11.1 Å². The highest BCUT2D eigenvalue weighted by Crippen LogP contribution is 2.25. The van der Waals surface area contributed by atoms with E-state index in [0.717, 1.165) is 48.3 Å². The minimum atomic E-state index is -0.270. The van der Waals surface area contributed by atoms with Crippen molar-refractivity contribution in [1.82, 2.24) is 9.88 Å². The molecule has 1 aliphatic rings. The first kappa shape index (κ1) is 19.9. The summed E-state index contributed by atoms with van der Waals surface area (Å²) in [6.45, 7) is 2.36. The molecule has 4 rings (SSSR count). The molecule has 0 spiro atoms. The van der Waals surface area contributed by atoms with Crippen LogP contribution in [0, 0.1) is 23.1 Å². The van der Waals surface area contributed by atoms with Gasteiger partial charge < -0.3 is 10.3 Å². The Kier molecular flexibility index (Phi) is 5.92. The van der Waals surface area contributed by atoms with Gasteiger partial charge in [0.05, 0.1) is 5.92 Å². The summed E-state index contributed by atoms with van der Waals surface area (Å²) in [5.74, 6) is -0.334. The maximum Gasteiger partial charge on any atom is 0.228 e.